The predicted molar refractivity (Wildman–Crippen MR) is 81.1 cm³/mol. The minimum atomic E-state index is 0.448. The molecule has 1 aliphatic heterocycles. The zero-order valence-electron chi connectivity index (χ0n) is 12.7. The fraction of sp³-hybridized carbons (Fsp3) is 1.00. The van der Waals surface area contributed by atoms with Crippen molar-refractivity contribution in [2.24, 2.45) is 17.6 Å². The van der Waals surface area contributed by atoms with Gasteiger partial charge in [0.25, 0.3) is 0 Å². The predicted octanol–water partition coefficient (Wildman–Crippen LogP) is 3.55. The molecule has 3 aliphatic rings. The molecule has 0 amide bonds. The number of hydrogen-bond donors (Lipinski definition) is 1. The highest BCUT2D eigenvalue weighted by Crippen LogP contribution is 2.39. The Balaban J connectivity index is 1.71. The summed E-state index contributed by atoms with van der Waals surface area (Å²) in [4.78, 5) is 2.87. The second-order valence-corrected chi connectivity index (χ2v) is 7.31. The topological polar surface area (TPSA) is 29.3 Å². The Hall–Kier alpha value is -0.0800. The SMILES string of the molecule is CCC1CCC(N)C(N2CCC[C@H]3CCCC[C@H]32)C1. The van der Waals surface area contributed by atoms with Gasteiger partial charge in [-0.25, -0.2) is 0 Å². The molecule has 2 heteroatoms. The van der Waals surface area contributed by atoms with E-state index in [0.29, 0.717) is 12.1 Å². The zero-order valence-corrected chi connectivity index (χ0v) is 12.7. The van der Waals surface area contributed by atoms with Crippen molar-refractivity contribution in [3.05, 3.63) is 0 Å². The first-order valence-corrected chi connectivity index (χ1v) is 8.81. The molecular weight excluding hydrogens is 232 g/mol. The first-order chi connectivity index (χ1) is 9.29. The summed E-state index contributed by atoms with van der Waals surface area (Å²) < 4.78 is 0. The molecule has 2 nitrogen and oxygen atoms in total. The highest BCUT2D eigenvalue weighted by atomic mass is 15.2. The van der Waals surface area contributed by atoms with Crippen molar-refractivity contribution >= 4 is 0 Å². The molecule has 0 aromatic rings. The summed E-state index contributed by atoms with van der Waals surface area (Å²) >= 11 is 0. The van der Waals surface area contributed by atoms with Crippen LogP contribution in [0.3, 0.4) is 0 Å². The fourth-order valence-electron chi connectivity index (χ4n) is 5.08. The number of piperidine rings is 1. The van der Waals surface area contributed by atoms with Gasteiger partial charge in [-0.2, -0.15) is 0 Å². The highest BCUT2D eigenvalue weighted by Gasteiger charge is 2.40. The van der Waals surface area contributed by atoms with Crippen molar-refractivity contribution in [3.63, 3.8) is 0 Å². The maximum Gasteiger partial charge on any atom is 0.0252 e. The molecule has 2 N–H and O–H groups in total. The third kappa shape index (κ3) is 2.85. The quantitative estimate of drug-likeness (QED) is 0.826. The third-order valence-corrected chi connectivity index (χ3v) is 6.27. The largest absolute Gasteiger partial charge is 0.326 e. The Morgan fingerprint density at radius 1 is 0.947 bits per heavy atom. The molecular formula is C17H32N2. The summed E-state index contributed by atoms with van der Waals surface area (Å²) in [6, 6.07) is 2.03. The van der Waals surface area contributed by atoms with Crippen LogP contribution in [0.25, 0.3) is 0 Å². The Morgan fingerprint density at radius 2 is 1.74 bits per heavy atom. The van der Waals surface area contributed by atoms with E-state index in [9.17, 15) is 0 Å². The van der Waals surface area contributed by atoms with Crippen molar-refractivity contribution in [3.8, 4) is 0 Å². The molecule has 5 atom stereocenters. The van der Waals surface area contributed by atoms with Gasteiger partial charge in [-0.15, -0.1) is 0 Å². The van der Waals surface area contributed by atoms with Gasteiger partial charge in [0.15, 0.2) is 0 Å². The molecule has 3 fully saturated rings. The molecule has 0 spiro atoms. The molecule has 3 unspecified atom stereocenters. The van der Waals surface area contributed by atoms with Crippen molar-refractivity contribution in [1.82, 2.24) is 4.90 Å². The lowest BCUT2D eigenvalue weighted by atomic mass is 9.74. The average molecular weight is 264 g/mol. The number of nitrogens with two attached hydrogens (primary N) is 1. The van der Waals surface area contributed by atoms with E-state index in [2.05, 4.69) is 11.8 Å². The zero-order chi connectivity index (χ0) is 13.2. The second kappa shape index (κ2) is 6.13. The number of hydrogen-bond acceptors (Lipinski definition) is 2. The van der Waals surface area contributed by atoms with Crippen LogP contribution in [0.5, 0.6) is 0 Å². The van der Waals surface area contributed by atoms with E-state index in [4.69, 9.17) is 5.73 Å². The molecule has 0 aromatic carbocycles. The van der Waals surface area contributed by atoms with Crippen LogP contribution >= 0.6 is 0 Å². The maximum absolute atomic E-state index is 6.51. The number of nitrogens with zero attached hydrogens (tertiary/aromatic N) is 1. The van der Waals surface area contributed by atoms with Crippen LogP contribution in [0.4, 0.5) is 0 Å². The summed E-state index contributed by atoms with van der Waals surface area (Å²) in [6.45, 7) is 3.69. The van der Waals surface area contributed by atoms with Crippen LogP contribution in [0.1, 0.15) is 71.1 Å². The summed E-state index contributed by atoms with van der Waals surface area (Å²) in [5, 5.41) is 0. The lowest BCUT2D eigenvalue weighted by molar-refractivity contribution is -0.00306. The van der Waals surface area contributed by atoms with Crippen molar-refractivity contribution in [2.45, 2.75) is 89.3 Å². The minimum absolute atomic E-state index is 0.448. The van der Waals surface area contributed by atoms with Crippen molar-refractivity contribution < 1.29 is 0 Å². The molecule has 0 bridgehead atoms. The van der Waals surface area contributed by atoms with E-state index in [1.807, 2.05) is 0 Å². The number of likely N-dealkylation sites (tertiary alicyclic amines) is 1. The van der Waals surface area contributed by atoms with Crippen LogP contribution in [0.15, 0.2) is 0 Å². The molecule has 0 aromatic heterocycles. The Morgan fingerprint density at radius 3 is 2.58 bits per heavy atom. The van der Waals surface area contributed by atoms with Crippen LogP contribution in [-0.2, 0) is 0 Å². The minimum Gasteiger partial charge on any atom is -0.326 e. The molecule has 1 saturated heterocycles. The lowest BCUT2D eigenvalue weighted by Gasteiger charge is -2.51. The van der Waals surface area contributed by atoms with E-state index < -0.39 is 0 Å². The van der Waals surface area contributed by atoms with Gasteiger partial charge in [-0.05, 0) is 63.3 Å². The maximum atomic E-state index is 6.51. The molecule has 1 heterocycles. The molecule has 2 aliphatic carbocycles. The summed E-state index contributed by atoms with van der Waals surface area (Å²) in [7, 11) is 0. The Kier molecular flexibility index (Phi) is 4.48. The normalized spacial score (nSPS) is 44.8. The summed E-state index contributed by atoms with van der Waals surface area (Å²) in [5.41, 5.74) is 6.51. The number of rotatable bonds is 2. The van der Waals surface area contributed by atoms with Gasteiger partial charge < -0.3 is 5.73 Å². The molecule has 110 valence electrons. The first kappa shape index (κ1) is 13.9. The average Bonchev–Trinajstić information content (AvgIpc) is 2.47. The van der Waals surface area contributed by atoms with E-state index in [1.165, 1.54) is 70.8 Å². The van der Waals surface area contributed by atoms with Gasteiger partial charge in [0, 0.05) is 18.1 Å². The highest BCUT2D eigenvalue weighted by molar-refractivity contribution is 4.96. The van der Waals surface area contributed by atoms with Gasteiger partial charge in [0.1, 0.15) is 0 Å². The Labute approximate surface area is 119 Å². The molecule has 2 saturated carbocycles. The van der Waals surface area contributed by atoms with Crippen LogP contribution in [-0.4, -0.2) is 29.6 Å². The van der Waals surface area contributed by atoms with E-state index in [1.54, 1.807) is 0 Å². The third-order valence-electron chi connectivity index (χ3n) is 6.27. The van der Waals surface area contributed by atoms with Crippen LogP contribution in [0.2, 0.25) is 0 Å². The van der Waals surface area contributed by atoms with Gasteiger partial charge in [-0.1, -0.05) is 26.2 Å². The van der Waals surface area contributed by atoms with Crippen molar-refractivity contribution in [1.29, 1.82) is 0 Å². The molecule has 19 heavy (non-hydrogen) atoms. The van der Waals surface area contributed by atoms with Crippen LogP contribution < -0.4 is 5.73 Å². The first-order valence-electron chi connectivity index (χ1n) is 8.81. The molecule has 3 rings (SSSR count). The van der Waals surface area contributed by atoms with Gasteiger partial charge in [0.2, 0.25) is 0 Å². The van der Waals surface area contributed by atoms with Crippen molar-refractivity contribution in [2.75, 3.05) is 6.54 Å². The monoisotopic (exact) mass is 264 g/mol. The fourth-order valence-corrected chi connectivity index (χ4v) is 5.08. The number of fused-ring (bicyclic) bond motifs is 1. The lowest BCUT2D eigenvalue weighted by Crippen LogP contribution is -2.58. The van der Waals surface area contributed by atoms with Crippen LogP contribution in [0, 0.1) is 11.8 Å². The van der Waals surface area contributed by atoms with Gasteiger partial charge >= 0.3 is 0 Å². The van der Waals surface area contributed by atoms with Gasteiger partial charge in [-0.3, -0.25) is 4.90 Å². The van der Waals surface area contributed by atoms with E-state index >= 15 is 0 Å². The molecule has 0 radical (unpaired) electrons. The summed E-state index contributed by atoms with van der Waals surface area (Å²) in [6.07, 6.45) is 14.1. The second-order valence-electron chi connectivity index (χ2n) is 7.31. The van der Waals surface area contributed by atoms with E-state index in [0.717, 1.165) is 17.9 Å². The smallest absolute Gasteiger partial charge is 0.0252 e. The Bertz CT molecular complexity index is 289. The van der Waals surface area contributed by atoms with E-state index in [-0.39, 0.29) is 0 Å². The summed E-state index contributed by atoms with van der Waals surface area (Å²) in [5.74, 6) is 1.94. The standard InChI is InChI=1S/C17H32N2/c1-2-13-9-10-15(18)17(12-13)19-11-5-7-14-6-3-4-8-16(14)19/h13-17H,2-12,18H2,1H3/t13?,14-,15?,16-,17?/m1/s1. The van der Waals surface area contributed by atoms with Gasteiger partial charge in [0.05, 0.1) is 0 Å².